The molecule has 0 aliphatic carbocycles. The van der Waals surface area contributed by atoms with Crippen molar-refractivity contribution in [2.45, 2.75) is 45.6 Å². The van der Waals surface area contributed by atoms with Crippen molar-refractivity contribution in [1.29, 1.82) is 0 Å². The predicted molar refractivity (Wildman–Crippen MR) is 85.3 cm³/mol. The van der Waals surface area contributed by atoms with Gasteiger partial charge >= 0.3 is 0 Å². The molecule has 22 heavy (non-hydrogen) atoms. The Balaban J connectivity index is 0.00000242. The number of hydrogen-bond donors (Lipinski definition) is 0. The molecule has 0 aliphatic heterocycles. The quantitative estimate of drug-likeness (QED) is 0.404. The van der Waals surface area contributed by atoms with Gasteiger partial charge in [-0.05, 0) is 18.4 Å². The number of aromatic nitrogens is 1. The zero-order valence-electron chi connectivity index (χ0n) is 13.2. The minimum Gasteiger partial charge on any atom is -1.00 e. The lowest BCUT2D eigenvalue weighted by Crippen LogP contribution is -3.00. The maximum absolute atomic E-state index is 12.5. The first-order valence-electron chi connectivity index (χ1n) is 7.86. The summed E-state index contributed by atoms with van der Waals surface area (Å²) in [4.78, 5) is 12.5. The number of carbonyl (C=O) groups is 1. The molecular formula is C19H24ClNO. The lowest BCUT2D eigenvalue weighted by Gasteiger charge is -2.07. The molecule has 0 atom stereocenters. The molecule has 1 aromatic carbocycles. The summed E-state index contributed by atoms with van der Waals surface area (Å²) >= 11 is 0. The number of pyridine rings is 1. The van der Waals surface area contributed by atoms with Crippen molar-refractivity contribution in [1.82, 2.24) is 0 Å². The highest BCUT2D eigenvalue weighted by Crippen LogP contribution is 2.14. The minimum atomic E-state index is 0. The van der Waals surface area contributed by atoms with E-state index in [-0.39, 0.29) is 18.2 Å². The van der Waals surface area contributed by atoms with Gasteiger partial charge in [0, 0.05) is 17.7 Å². The first-order chi connectivity index (χ1) is 10.3. The van der Waals surface area contributed by atoms with Crippen molar-refractivity contribution in [3.05, 3.63) is 66.0 Å². The van der Waals surface area contributed by atoms with Gasteiger partial charge < -0.3 is 12.4 Å². The Morgan fingerprint density at radius 2 is 1.68 bits per heavy atom. The van der Waals surface area contributed by atoms with Crippen molar-refractivity contribution in [3.63, 3.8) is 0 Å². The van der Waals surface area contributed by atoms with Crippen LogP contribution in [0.2, 0.25) is 0 Å². The Hall–Kier alpha value is -1.67. The molecule has 0 aliphatic rings. The fourth-order valence-electron chi connectivity index (χ4n) is 2.54. The number of Topliss-reactive ketones (excluding diaryl/α,β-unsaturated/α-hetero) is 1. The molecule has 1 aromatic heterocycles. The van der Waals surface area contributed by atoms with Crippen LogP contribution in [0, 0.1) is 0 Å². The molecule has 0 amide bonds. The van der Waals surface area contributed by atoms with E-state index in [1.54, 1.807) is 0 Å². The summed E-state index contributed by atoms with van der Waals surface area (Å²) in [7, 11) is 0. The first kappa shape index (κ1) is 18.4. The van der Waals surface area contributed by atoms with Crippen LogP contribution in [0.3, 0.4) is 0 Å². The molecule has 0 radical (unpaired) electrons. The lowest BCUT2D eigenvalue weighted by molar-refractivity contribution is -0.683. The predicted octanol–water partition coefficient (Wildman–Crippen LogP) is 0.984. The average Bonchev–Trinajstić information content (AvgIpc) is 2.53. The van der Waals surface area contributed by atoms with Crippen LogP contribution in [0.4, 0.5) is 0 Å². The second kappa shape index (κ2) is 10.1. The van der Waals surface area contributed by atoms with E-state index in [1.165, 1.54) is 24.8 Å². The minimum absolute atomic E-state index is 0. The third-order valence-corrected chi connectivity index (χ3v) is 3.72. The zero-order chi connectivity index (χ0) is 14.9. The van der Waals surface area contributed by atoms with Gasteiger partial charge in [-0.2, -0.15) is 4.57 Å². The summed E-state index contributed by atoms with van der Waals surface area (Å²) in [5.74, 6) is 0.192. The second-order valence-corrected chi connectivity index (χ2v) is 5.44. The normalized spacial score (nSPS) is 10.0. The van der Waals surface area contributed by atoms with Gasteiger partial charge in [0.1, 0.15) is 0 Å². The molecule has 2 aromatic rings. The highest BCUT2D eigenvalue weighted by atomic mass is 35.5. The monoisotopic (exact) mass is 317 g/mol. The van der Waals surface area contributed by atoms with E-state index in [2.05, 4.69) is 13.0 Å². The molecule has 1 heterocycles. The Labute approximate surface area is 139 Å². The van der Waals surface area contributed by atoms with Gasteiger partial charge in [0.2, 0.25) is 12.3 Å². The molecule has 118 valence electrons. The van der Waals surface area contributed by atoms with E-state index in [9.17, 15) is 4.79 Å². The highest BCUT2D eigenvalue weighted by Gasteiger charge is 2.14. The van der Waals surface area contributed by atoms with Crippen LogP contribution in [-0.2, 0) is 13.0 Å². The number of unbranched alkanes of at least 4 members (excludes halogenated alkanes) is 3. The molecule has 0 fully saturated rings. The van der Waals surface area contributed by atoms with Crippen molar-refractivity contribution < 1.29 is 21.8 Å². The van der Waals surface area contributed by atoms with Crippen LogP contribution in [-0.4, -0.2) is 5.78 Å². The van der Waals surface area contributed by atoms with Crippen molar-refractivity contribution >= 4 is 5.78 Å². The number of nitrogens with zero attached hydrogens (tertiary/aromatic N) is 1. The van der Waals surface area contributed by atoms with Crippen LogP contribution < -0.4 is 17.0 Å². The van der Waals surface area contributed by atoms with Crippen molar-refractivity contribution in [2.24, 2.45) is 0 Å². The number of aryl methyl sites for hydroxylation is 1. The molecular weight excluding hydrogens is 294 g/mol. The van der Waals surface area contributed by atoms with Gasteiger partial charge in [-0.15, -0.1) is 0 Å². The van der Waals surface area contributed by atoms with Gasteiger partial charge in [0.05, 0.1) is 0 Å². The highest BCUT2D eigenvalue weighted by molar-refractivity contribution is 5.96. The Morgan fingerprint density at radius 3 is 2.41 bits per heavy atom. The molecule has 3 heteroatoms. The molecule has 0 N–H and O–H groups in total. The fourth-order valence-corrected chi connectivity index (χ4v) is 2.54. The summed E-state index contributed by atoms with van der Waals surface area (Å²) < 4.78 is 1.93. The van der Waals surface area contributed by atoms with Gasteiger partial charge in [-0.3, -0.25) is 4.79 Å². The van der Waals surface area contributed by atoms with E-state index in [0.29, 0.717) is 6.54 Å². The molecule has 0 saturated carbocycles. The smallest absolute Gasteiger partial charge is 0.227 e. The van der Waals surface area contributed by atoms with E-state index in [0.717, 1.165) is 18.4 Å². The molecule has 0 saturated heterocycles. The summed E-state index contributed by atoms with van der Waals surface area (Å²) in [6, 6.07) is 13.9. The molecule has 0 unspecified atom stereocenters. The Morgan fingerprint density at radius 1 is 0.955 bits per heavy atom. The summed E-state index contributed by atoms with van der Waals surface area (Å²) in [6.45, 7) is 2.63. The van der Waals surface area contributed by atoms with E-state index < -0.39 is 0 Å². The van der Waals surface area contributed by atoms with Crippen LogP contribution in [0.1, 0.15) is 48.5 Å². The number of carbonyl (C=O) groups excluding carboxylic acids is 1. The topological polar surface area (TPSA) is 20.9 Å². The molecule has 2 nitrogen and oxygen atoms in total. The number of hydrogen-bond acceptors (Lipinski definition) is 1. The van der Waals surface area contributed by atoms with Crippen LogP contribution >= 0.6 is 0 Å². The maximum atomic E-state index is 12.5. The third-order valence-electron chi connectivity index (χ3n) is 3.72. The van der Waals surface area contributed by atoms with Gasteiger partial charge in [0.15, 0.2) is 12.4 Å². The summed E-state index contributed by atoms with van der Waals surface area (Å²) in [5, 5.41) is 0. The molecule has 0 bridgehead atoms. The van der Waals surface area contributed by atoms with Gasteiger partial charge in [-0.1, -0.05) is 56.5 Å². The number of ketones is 1. The number of halogens is 1. The average molecular weight is 318 g/mol. The zero-order valence-corrected chi connectivity index (χ0v) is 13.9. The van der Waals surface area contributed by atoms with Gasteiger partial charge in [0.25, 0.3) is 0 Å². The third kappa shape index (κ3) is 5.61. The van der Waals surface area contributed by atoms with E-state index >= 15 is 0 Å². The summed E-state index contributed by atoms with van der Waals surface area (Å²) in [6.07, 6.45) is 9.79. The first-order valence-corrected chi connectivity index (χ1v) is 7.86. The second-order valence-electron chi connectivity index (χ2n) is 5.44. The summed E-state index contributed by atoms with van der Waals surface area (Å²) in [5.41, 5.74) is 2.07. The van der Waals surface area contributed by atoms with Crippen molar-refractivity contribution in [2.75, 3.05) is 0 Å². The Kier molecular flexibility index (Phi) is 8.46. The van der Waals surface area contributed by atoms with E-state index in [4.69, 9.17) is 0 Å². The standard InChI is InChI=1S/C19H24NO.ClH/c1-2-3-4-6-11-17-12-7-8-13-18(17)19(21)16-20-14-9-5-10-15-20;/h5,7-10,12-15H,2-4,6,11,16H2,1H3;1H/q+1;/p-1. The van der Waals surface area contributed by atoms with Crippen LogP contribution in [0.25, 0.3) is 0 Å². The largest absolute Gasteiger partial charge is 1.00 e. The maximum Gasteiger partial charge on any atom is 0.227 e. The Bertz CT molecular complexity index is 569. The van der Waals surface area contributed by atoms with Crippen molar-refractivity contribution in [3.8, 4) is 0 Å². The number of rotatable bonds is 8. The number of benzene rings is 1. The molecule has 0 spiro atoms. The van der Waals surface area contributed by atoms with E-state index in [1.807, 2.05) is 53.4 Å². The van der Waals surface area contributed by atoms with Crippen LogP contribution in [0.15, 0.2) is 54.9 Å². The van der Waals surface area contributed by atoms with Gasteiger partial charge in [-0.25, -0.2) is 0 Å². The SMILES string of the molecule is CCCCCCc1ccccc1C(=O)C[n+]1ccccc1.[Cl-]. The fraction of sp³-hybridized carbons (Fsp3) is 0.368. The van der Waals surface area contributed by atoms with Crippen LogP contribution in [0.5, 0.6) is 0 Å². The molecule has 2 rings (SSSR count). The lowest BCUT2D eigenvalue weighted by atomic mass is 9.98.